The third-order valence-corrected chi connectivity index (χ3v) is 4.06. The summed E-state index contributed by atoms with van der Waals surface area (Å²) in [5.74, 6) is 2.20. The van der Waals surface area contributed by atoms with Crippen LogP contribution in [0.4, 0.5) is 5.82 Å². The van der Waals surface area contributed by atoms with E-state index in [1.54, 1.807) is 4.68 Å². The molecule has 3 aromatic rings. The summed E-state index contributed by atoms with van der Waals surface area (Å²) in [4.78, 5) is 13.8. The van der Waals surface area contributed by atoms with Crippen LogP contribution in [0.25, 0.3) is 11.0 Å². The fraction of sp³-hybridized carbons (Fsp3) is 0.556. The van der Waals surface area contributed by atoms with Gasteiger partial charge < -0.3 is 9.88 Å². The Morgan fingerprint density at radius 3 is 2.60 bits per heavy atom. The van der Waals surface area contributed by atoms with Gasteiger partial charge in [0.15, 0.2) is 5.65 Å². The second kappa shape index (κ2) is 6.46. The van der Waals surface area contributed by atoms with E-state index in [0.29, 0.717) is 12.5 Å². The van der Waals surface area contributed by atoms with Crippen LogP contribution in [-0.2, 0) is 25.6 Å². The van der Waals surface area contributed by atoms with Gasteiger partial charge in [-0.25, -0.2) is 15.0 Å². The zero-order chi connectivity index (χ0) is 18.2. The highest BCUT2D eigenvalue weighted by Crippen LogP contribution is 2.26. The van der Waals surface area contributed by atoms with E-state index in [4.69, 9.17) is 9.97 Å². The van der Waals surface area contributed by atoms with Crippen LogP contribution in [0.3, 0.4) is 0 Å². The van der Waals surface area contributed by atoms with Gasteiger partial charge in [-0.15, -0.1) is 0 Å². The Labute approximate surface area is 148 Å². The largest absolute Gasteiger partial charge is 0.364 e. The van der Waals surface area contributed by atoms with Gasteiger partial charge in [0.05, 0.1) is 30.1 Å². The molecule has 3 aromatic heterocycles. The molecule has 1 N–H and O–H groups in total. The minimum absolute atomic E-state index is 0.131. The van der Waals surface area contributed by atoms with Crippen LogP contribution in [-0.4, -0.2) is 29.3 Å². The molecule has 0 saturated carbocycles. The molecule has 0 radical (unpaired) electrons. The number of rotatable bonds is 5. The first-order valence-corrected chi connectivity index (χ1v) is 8.69. The Hall–Kier alpha value is -2.44. The summed E-state index contributed by atoms with van der Waals surface area (Å²) < 4.78 is 3.98. The standard InChI is InChI=1S/C18H27N7/c1-12(2)10-25-11-19-7-13(25)8-20-15-14-9-21-24(6)16(14)23-17(22-15)18(3,4)5/h7,9,11-12H,8,10H2,1-6H3,(H,20,22,23). The van der Waals surface area contributed by atoms with Crippen molar-refractivity contribution in [2.45, 2.75) is 53.1 Å². The number of aryl methyl sites for hydroxylation is 1. The lowest BCUT2D eigenvalue weighted by atomic mass is 9.95. The molecule has 25 heavy (non-hydrogen) atoms. The van der Waals surface area contributed by atoms with Gasteiger partial charge in [-0.3, -0.25) is 4.68 Å². The average Bonchev–Trinajstić information content (AvgIpc) is 3.10. The van der Waals surface area contributed by atoms with E-state index in [9.17, 15) is 0 Å². The van der Waals surface area contributed by atoms with Crippen LogP contribution in [0.1, 0.15) is 46.1 Å². The molecule has 0 spiro atoms. The highest BCUT2D eigenvalue weighted by Gasteiger charge is 2.21. The molecule has 0 atom stereocenters. The number of nitrogens with zero attached hydrogens (tertiary/aromatic N) is 6. The molecule has 0 unspecified atom stereocenters. The first-order chi connectivity index (χ1) is 11.8. The first kappa shape index (κ1) is 17.4. The van der Waals surface area contributed by atoms with Crippen molar-refractivity contribution in [3.8, 4) is 0 Å². The normalized spacial score (nSPS) is 12.3. The molecule has 7 heteroatoms. The minimum atomic E-state index is -0.131. The summed E-state index contributed by atoms with van der Waals surface area (Å²) in [6, 6.07) is 0. The zero-order valence-corrected chi connectivity index (χ0v) is 15.9. The molecule has 0 aromatic carbocycles. The van der Waals surface area contributed by atoms with Gasteiger partial charge in [0.2, 0.25) is 0 Å². The van der Waals surface area contributed by atoms with Crippen LogP contribution >= 0.6 is 0 Å². The maximum absolute atomic E-state index is 4.77. The second-order valence-electron chi connectivity index (χ2n) is 7.94. The van der Waals surface area contributed by atoms with E-state index in [0.717, 1.165) is 34.9 Å². The lowest BCUT2D eigenvalue weighted by Crippen LogP contribution is -2.18. The minimum Gasteiger partial charge on any atom is -0.364 e. The molecule has 0 bridgehead atoms. The molecule has 0 fully saturated rings. The number of fused-ring (bicyclic) bond motifs is 1. The molecule has 0 saturated heterocycles. The fourth-order valence-electron chi connectivity index (χ4n) is 2.72. The Morgan fingerprint density at radius 2 is 1.92 bits per heavy atom. The molecule has 0 aliphatic carbocycles. The summed E-state index contributed by atoms with van der Waals surface area (Å²) in [6.45, 7) is 12.4. The summed E-state index contributed by atoms with van der Waals surface area (Å²) in [5.41, 5.74) is 1.86. The predicted molar refractivity (Wildman–Crippen MR) is 99.4 cm³/mol. The number of hydrogen-bond acceptors (Lipinski definition) is 5. The summed E-state index contributed by atoms with van der Waals surface area (Å²) in [5, 5.41) is 8.74. The fourth-order valence-corrected chi connectivity index (χ4v) is 2.72. The van der Waals surface area contributed by atoms with Gasteiger partial charge in [-0.1, -0.05) is 34.6 Å². The monoisotopic (exact) mass is 341 g/mol. The number of imidazole rings is 1. The van der Waals surface area contributed by atoms with E-state index in [-0.39, 0.29) is 5.41 Å². The van der Waals surface area contributed by atoms with Gasteiger partial charge in [-0.05, 0) is 5.92 Å². The van der Waals surface area contributed by atoms with Crippen molar-refractivity contribution < 1.29 is 0 Å². The molecule has 3 rings (SSSR count). The molecule has 3 heterocycles. The van der Waals surface area contributed by atoms with E-state index in [2.05, 4.69) is 54.6 Å². The average molecular weight is 341 g/mol. The van der Waals surface area contributed by atoms with Crippen molar-refractivity contribution in [1.29, 1.82) is 0 Å². The molecule has 0 amide bonds. The van der Waals surface area contributed by atoms with Crippen molar-refractivity contribution in [3.05, 3.63) is 30.2 Å². The lowest BCUT2D eigenvalue weighted by molar-refractivity contribution is 0.511. The highest BCUT2D eigenvalue weighted by molar-refractivity contribution is 5.86. The van der Waals surface area contributed by atoms with Gasteiger partial charge >= 0.3 is 0 Å². The van der Waals surface area contributed by atoms with Crippen LogP contribution < -0.4 is 5.32 Å². The van der Waals surface area contributed by atoms with Gasteiger partial charge in [0, 0.05) is 25.2 Å². The second-order valence-corrected chi connectivity index (χ2v) is 7.94. The van der Waals surface area contributed by atoms with E-state index in [1.807, 2.05) is 25.8 Å². The van der Waals surface area contributed by atoms with Crippen LogP contribution in [0, 0.1) is 5.92 Å². The van der Waals surface area contributed by atoms with Crippen LogP contribution in [0.5, 0.6) is 0 Å². The van der Waals surface area contributed by atoms with E-state index >= 15 is 0 Å². The number of hydrogen-bond donors (Lipinski definition) is 1. The molecule has 0 aliphatic heterocycles. The zero-order valence-electron chi connectivity index (χ0n) is 15.9. The predicted octanol–water partition coefficient (Wildman–Crippen LogP) is 3.13. The third-order valence-electron chi connectivity index (χ3n) is 4.06. The van der Waals surface area contributed by atoms with Gasteiger partial charge in [0.25, 0.3) is 0 Å². The van der Waals surface area contributed by atoms with Gasteiger partial charge in [0.1, 0.15) is 11.6 Å². The van der Waals surface area contributed by atoms with Crippen molar-refractivity contribution in [1.82, 2.24) is 29.3 Å². The quantitative estimate of drug-likeness (QED) is 0.772. The van der Waals surface area contributed by atoms with Crippen molar-refractivity contribution in [2.24, 2.45) is 13.0 Å². The number of nitrogens with one attached hydrogen (secondary N) is 1. The van der Waals surface area contributed by atoms with Crippen molar-refractivity contribution in [2.75, 3.05) is 5.32 Å². The lowest BCUT2D eigenvalue weighted by Gasteiger charge is -2.18. The first-order valence-electron chi connectivity index (χ1n) is 8.69. The Balaban J connectivity index is 1.92. The van der Waals surface area contributed by atoms with Crippen molar-refractivity contribution >= 4 is 16.9 Å². The Kier molecular flexibility index (Phi) is 4.49. The smallest absolute Gasteiger partial charge is 0.163 e. The Morgan fingerprint density at radius 1 is 1.16 bits per heavy atom. The van der Waals surface area contributed by atoms with Gasteiger partial charge in [-0.2, -0.15) is 5.10 Å². The third kappa shape index (κ3) is 3.65. The summed E-state index contributed by atoms with van der Waals surface area (Å²) in [6.07, 6.45) is 5.61. The summed E-state index contributed by atoms with van der Waals surface area (Å²) in [7, 11) is 1.91. The van der Waals surface area contributed by atoms with E-state index in [1.165, 1.54) is 0 Å². The molecular weight excluding hydrogens is 314 g/mol. The maximum Gasteiger partial charge on any atom is 0.163 e. The van der Waals surface area contributed by atoms with E-state index < -0.39 is 0 Å². The summed E-state index contributed by atoms with van der Waals surface area (Å²) >= 11 is 0. The molecule has 134 valence electrons. The molecule has 7 nitrogen and oxygen atoms in total. The Bertz CT molecular complexity index is 867. The van der Waals surface area contributed by atoms with Crippen LogP contribution in [0.15, 0.2) is 18.7 Å². The highest BCUT2D eigenvalue weighted by atomic mass is 15.3. The van der Waals surface area contributed by atoms with Crippen molar-refractivity contribution in [3.63, 3.8) is 0 Å². The molecular formula is C18H27N7. The molecule has 0 aliphatic rings. The number of anilines is 1. The SMILES string of the molecule is CC(C)Cn1cncc1CNc1nc(C(C)(C)C)nc2c1cnn2C. The maximum atomic E-state index is 4.77. The topological polar surface area (TPSA) is 73.5 Å². The number of aromatic nitrogens is 6. The van der Waals surface area contributed by atoms with Crippen LogP contribution in [0.2, 0.25) is 0 Å².